The Morgan fingerprint density at radius 3 is 2.54 bits per heavy atom. The number of carbonyl (C=O) groups is 3. The number of amides is 3. The van der Waals surface area contributed by atoms with Crippen LogP contribution >= 0.6 is 0 Å². The Morgan fingerprint density at radius 1 is 1.00 bits per heavy atom. The molecule has 12 nitrogen and oxygen atoms in total. The minimum Gasteiger partial charge on any atom is -0.358 e. The van der Waals surface area contributed by atoms with E-state index in [1.165, 1.54) is 12.1 Å². The summed E-state index contributed by atoms with van der Waals surface area (Å²) in [5.74, 6) is -2.94. The fourth-order valence-corrected chi connectivity index (χ4v) is 6.05. The molecule has 0 unspecified atom stereocenters. The van der Waals surface area contributed by atoms with Gasteiger partial charge in [0, 0.05) is 38.7 Å². The normalized spacial score (nSPS) is 19.0. The van der Waals surface area contributed by atoms with E-state index in [1.54, 1.807) is 17.8 Å². The maximum Gasteiger partial charge on any atom is 0.257 e. The zero-order valence-corrected chi connectivity index (χ0v) is 25.3. The average molecular weight is 633 g/mol. The summed E-state index contributed by atoms with van der Waals surface area (Å²) in [4.78, 5) is 42.6. The highest BCUT2D eigenvalue weighted by Crippen LogP contribution is 2.29. The average Bonchev–Trinajstić information content (AvgIpc) is 3.64. The molecule has 0 saturated carbocycles. The molecule has 0 aliphatic carbocycles. The summed E-state index contributed by atoms with van der Waals surface area (Å²) in [6.45, 7) is 3.38. The number of benzene rings is 2. The van der Waals surface area contributed by atoms with Crippen molar-refractivity contribution in [2.45, 2.75) is 63.8 Å². The molecule has 3 N–H and O–H groups in total. The van der Waals surface area contributed by atoms with Crippen LogP contribution in [0.2, 0.25) is 0 Å². The molecule has 6 rings (SSSR count). The number of hydrogen-bond acceptors (Lipinski definition) is 8. The van der Waals surface area contributed by atoms with Gasteiger partial charge in [-0.1, -0.05) is 46.8 Å². The minimum atomic E-state index is -0.970. The summed E-state index contributed by atoms with van der Waals surface area (Å²) in [5.41, 5.74) is 1.82. The second-order valence-electron chi connectivity index (χ2n) is 11.9. The highest BCUT2D eigenvalue weighted by Gasteiger charge is 2.40. The van der Waals surface area contributed by atoms with Crippen molar-refractivity contribution in [3.63, 3.8) is 0 Å². The molecule has 46 heavy (non-hydrogen) atoms. The third kappa shape index (κ3) is 7.12. The van der Waals surface area contributed by atoms with Crippen LogP contribution in [0.5, 0.6) is 0 Å². The van der Waals surface area contributed by atoms with Gasteiger partial charge in [-0.25, -0.2) is 13.5 Å². The molecule has 1 saturated heterocycles. The molecule has 2 aromatic carbocycles. The second-order valence-corrected chi connectivity index (χ2v) is 11.9. The fourth-order valence-electron chi connectivity index (χ4n) is 6.05. The van der Waals surface area contributed by atoms with Crippen LogP contribution in [-0.2, 0) is 35.6 Å². The first-order chi connectivity index (χ1) is 22.2. The SMILES string of the molecule is Cc1noc2c1C(=O)NC1(CCN(Cc3ccc(F)c(F)c3)CC1)CC(=O)N[C@H](Cc1cn(Cc3ccccc3)nn1)C(=O)NC2. The molecular weight excluding hydrogens is 598 g/mol. The molecular formula is C32H34F2N8O4. The Morgan fingerprint density at radius 2 is 1.78 bits per heavy atom. The zero-order valence-electron chi connectivity index (χ0n) is 25.3. The minimum absolute atomic E-state index is 0.0815. The topological polar surface area (TPSA) is 147 Å². The third-order valence-corrected chi connectivity index (χ3v) is 8.50. The number of aromatic nitrogens is 4. The maximum atomic E-state index is 13.8. The number of halogens is 2. The smallest absolute Gasteiger partial charge is 0.257 e. The van der Waals surface area contributed by atoms with E-state index in [0.717, 1.165) is 11.6 Å². The second kappa shape index (κ2) is 13.2. The Hall–Kier alpha value is -4.98. The molecule has 3 amide bonds. The lowest BCUT2D eigenvalue weighted by molar-refractivity contribution is -0.130. The van der Waals surface area contributed by atoms with Crippen molar-refractivity contribution in [1.29, 1.82) is 0 Å². The van der Waals surface area contributed by atoms with Gasteiger partial charge in [-0.2, -0.15) is 0 Å². The van der Waals surface area contributed by atoms with Crippen LogP contribution in [0.25, 0.3) is 0 Å². The maximum absolute atomic E-state index is 13.8. The van der Waals surface area contributed by atoms with Gasteiger partial charge in [0.1, 0.15) is 11.6 Å². The van der Waals surface area contributed by atoms with E-state index in [2.05, 4.69) is 36.3 Å². The molecule has 2 aliphatic rings. The molecule has 240 valence electrons. The monoisotopic (exact) mass is 632 g/mol. The van der Waals surface area contributed by atoms with E-state index >= 15 is 0 Å². The van der Waals surface area contributed by atoms with Crippen molar-refractivity contribution in [3.05, 3.63) is 100 Å². The number of nitrogens with zero attached hydrogens (tertiary/aromatic N) is 5. The Kier molecular flexibility index (Phi) is 8.88. The molecule has 1 fully saturated rings. The van der Waals surface area contributed by atoms with Gasteiger partial charge in [0.25, 0.3) is 5.91 Å². The van der Waals surface area contributed by atoms with Crippen molar-refractivity contribution < 1.29 is 27.7 Å². The third-order valence-electron chi connectivity index (χ3n) is 8.50. The number of aryl methyl sites for hydroxylation is 1. The summed E-state index contributed by atoms with van der Waals surface area (Å²) < 4.78 is 34.3. The molecule has 2 aliphatic heterocycles. The van der Waals surface area contributed by atoms with Crippen LogP contribution in [0.1, 0.15) is 57.9 Å². The first-order valence-electron chi connectivity index (χ1n) is 15.1. The number of piperidine rings is 1. The standard InChI is InChI=1S/C32H34F2N8O4/c1-20-29-27(46-39-20)16-35-30(44)26(14-23-19-42(40-38-23)18-21-5-3-2-4-6-21)36-28(43)15-32(37-31(29)45)9-11-41(12-10-32)17-22-7-8-24(33)25(34)13-22/h2-8,13,19,26H,9-12,14-18H2,1H3,(H,35,44)(H,36,43)(H,37,45)/t26-/m1/s1. The Labute approximate surface area is 263 Å². The zero-order chi connectivity index (χ0) is 32.3. The lowest BCUT2D eigenvalue weighted by atomic mass is 9.83. The highest BCUT2D eigenvalue weighted by atomic mass is 19.2. The van der Waals surface area contributed by atoms with Gasteiger partial charge in [0.05, 0.1) is 30.0 Å². The van der Waals surface area contributed by atoms with Crippen LogP contribution in [0, 0.1) is 18.6 Å². The quantitative estimate of drug-likeness (QED) is 0.294. The van der Waals surface area contributed by atoms with E-state index in [9.17, 15) is 23.2 Å². The van der Waals surface area contributed by atoms with Crippen LogP contribution in [0.4, 0.5) is 8.78 Å². The number of carbonyl (C=O) groups excluding carboxylic acids is 3. The molecule has 2 aromatic heterocycles. The molecule has 4 aromatic rings. The lowest BCUT2D eigenvalue weighted by Crippen LogP contribution is -2.58. The van der Waals surface area contributed by atoms with Crippen LogP contribution in [0.3, 0.4) is 0 Å². The summed E-state index contributed by atoms with van der Waals surface area (Å²) in [7, 11) is 0. The van der Waals surface area contributed by atoms with Gasteiger partial charge in [-0.3, -0.25) is 19.3 Å². The summed E-state index contributed by atoms with van der Waals surface area (Å²) in [6.07, 6.45) is 2.56. The molecule has 0 bridgehead atoms. The van der Waals surface area contributed by atoms with E-state index in [4.69, 9.17) is 4.52 Å². The summed E-state index contributed by atoms with van der Waals surface area (Å²) >= 11 is 0. The van der Waals surface area contributed by atoms with Gasteiger partial charge >= 0.3 is 0 Å². The van der Waals surface area contributed by atoms with Gasteiger partial charge in [0.15, 0.2) is 17.4 Å². The predicted molar refractivity (Wildman–Crippen MR) is 160 cm³/mol. The lowest BCUT2D eigenvalue weighted by Gasteiger charge is -2.42. The number of nitrogens with one attached hydrogen (secondary N) is 3. The van der Waals surface area contributed by atoms with Crippen molar-refractivity contribution in [2.24, 2.45) is 0 Å². The van der Waals surface area contributed by atoms with Crippen molar-refractivity contribution >= 4 is 17.7 Å². The van der Waals surface area contributed by atoms with E-state index in [0.29, 0.717) is 56.0 Å². The largest absolute Gasteiger partial charge is 0.358 e. The van der Waals surface area contributed by atoms with Crippen LogP contribution in [0.15, 0.2) is 59.3 Å². The van der Waals surface area contributed by atoms with Gasteiger partial charge in [-0.05, 0) is 43.0 Å². The van der Waals surface area contributed by atoms with E-state index in [-0.39, 0.29) is 30.7 Å². The Balaban J connectivity index is 1.20. The van der Waals surface area contributed by atoms with Gasteiger partial charge in [-0.15, -0.1) is 5.10 Å². The van der Waals surface area contributed by atoms with E-state index < -0.39 is 40.9 Å². The Bertz CT molecular complexity index is 1730. The molecule has 14 heteroatoms. The highest BCUT2D eigenvalue weighted by molar-refractivity contribution is 5.97. The fraction of sp³-hybridized carbons (Fsp3) is 0.375. The van der Waals surface area contributed by atoms with Crippen molar-refractivity contribution in [1.82, 2.24) is 41.0 Å². The van der Waals surface area contributed by atoms with Crippen LogP contribution in [-0.4, -0.2) is 67.4 Å². The number of rotatable bonds is 6. The first-order valence-corrected chi connectivity index (χ1v) is 15.1. The van der Waals surface area contributed by atoms with Gasteiger partial charge in [0.2, 0.25) is 11.8 Å². The predicted octanol–water partition coefficient (Wildman–Crippen LogP) is 2.41. The molecule has 4 heterocycles. The van der Waals surface area contributed by atoms with Crippen molar-refractivity contribution in [2.75, 3.05) is 13.1 Å². The molecule has 1 spiro atoms. The summed E-state index contributed by atoms with van der Waals surface area (Å²) in [6, 6.07) is 12.6. The number of fused-ring (bicyclic) bond motifs is 1. The molecule has 1 atom stereocenters. The summed E-state index contributed by atoms with van der Waals surface area (Å²) in [5, 5.41) is 21.1. The molecule has 0 radical (unpaired) electrons. The number of hydrogen-bond donors (Lipinski definition) is 3. The van der Waals surface area contributed by atoms with E-state index in [1.807, 2.05) is 30.3 Å². The van der Waals surface area contributed by atoms with Gasteiger partial charge < -0.3 is 20.5 Å². The van der Waals surface area contributed by atoms with Crippen LogP contribution < -0.4 is 16.0 Å². The number of likely N-dealkylation sites (tertiary alicyclic amines) is 1. The van der Waals surface area contributed by atoms with Crippen molar-refractivity contribution in [3.8, 4) is 0 Å². The first kappa shape index (κ1) is 31.0.